The van der Waals surface area contributed by atoms with E-state index in [1.807, 2.05) is 35.0 Å². The molecular weight excluding hydrogens is 442 g/mol. The van der Waals surface area contributed by atoms with Crippen molar-refractivity contribution >= 4 is 48.6 Å². The van der Waals surface area contributed by atoms with E-state index in [1.54, 1.807) is 48.0 Å². The van der Waals surface area contributed by atoms with Crippen molar-refractivity contribution in [2.45, 2.75) is 18.0 Å². The number of rotatable bonds is 7. The maximum atomic E-state index is 13.2. The molecule has 3 aromatic rings. The molecule has 0 unspecified atom stereocenters. The van der Waals surface area contributed by atoms with Gasteiger partial charge < -0.3 is 4.74 Å². The van der Waals surface area contributed by atoms with Crippen LogP contribution in [0.25, 0.3) is 0 Å². The molecule has 0 N–H and O–H groups in total. The molecule has 0 atom stereocenters. The Bertz CT molecular complexity index is 886. The Hall–Kier alpha value is -1.19. The van der Waals surface area contributed by atoms with Gasteiger partial charge in [-0.3, -0.25) is 0 Å². The minimum Gasteiger partial charge on any atom is -0.496 e. The highest BCUT2D eigenvalue weighted by atomic mass is 79.9. The van der Waals surface area contributed by atoms with E-state index in [1.165, 1.54) is 4.31 Å². The van der Waals surface area contributed by atoms with Crippen LogP contribution in [0, 0.1) is 0 Å². The maximum absolute atomic E-state index is 13.2. The molecule has 0 aliphatic heterocycles. The summed E-state index contributed by atoms with van der Waals surface area (Å²) in [6.07, 6.45) is 0. The quantitative estimate of drug-likeness (QED) is 0.502. The van der Waals surface area contributed by atoms with E-state index in [2.05, 4.69) is 15.9 Å². The largest absolute Gasteiger partial charge is 0.496 e. The highest BCUT2D eigenvalue weighted by molar-refractivity contribution is 9.10. The zero-order chi connectivity index (χ0) is 17.9. The number of ether oxygens (including phenoxy) is 1. The van der Waals surface area contributed by atoms with Gasteiger partial charge in [0.2, 0.25) is 10.0 Å². The molecule has 0 radical (unpaired) electrons. The van der Waals surface area contributed by atoms with Crippen LogP contribution in [0.1, 0.15) is 9.75 Å². The normalized spacial score (nSPS) is 11.8. The molecule has 3 rings (SSSR count). The summed E-state index contributed by atoms with van der Waals surface area (Å²) < 4.78 is 33.7. The lowest BCUT2D eigenvalue weighted by atomic mass is 10.3. The second kappa shape index (κ2) is 8.01. The van der Waals surface area contributed by atoms with E-state index in [4.69, 9.17) is 4.74 Å². The number of hydrogen-bond acceptors (Lipinski definition) is 5. The number of benzene rings is 1. The molecule has 4 nitrogen and oxygen atoms in total. The molecule has 0 saturated carbocycles. The average Bonchev–Trinajstić information content (AvgIpc) is 3.28. The summed E-state index contributed by atoms with van der Waals surface area (Å²) in [6, 6.07) is 12.6. The molecule has 2 heterocycles. The van der Waals surface area contributed by atoms with Crippen LogP contribution in [-0.2, 0) is 23.1 Å². The number of hydrogen-bond donors (Lipinski definition) is 0. The summed E-state index contributed by atoms with van der Waals surface area (Å²) in [4.78, 5) is 2.26. The average molecular weight is 458 g/mol. The molecule has 0 spiro atoms. The zero-order valence-corrected chi connectivity index (χ0v) is 17.4. The zero-order valence-electron chi connectivity index (χ0n) is 13.4. The van der Waals surface area contributed by atoms with Gasteiger partial charge >= 0.3 is 0 Å². The predicted octanol–water partition coefficient (Wildman–Crippen LogP) is 4.97. The third kappa shape index (κ3) is 4.32. The molecule has 25 heavy (non-hydrogen) atoms. The van der Waals surface area contributed by atoms with Gasteiger partial charge in [0.25, 0.3) is 0 Å². The van der Waals surface area contributed by atoms with Crippen molar-refractivity contribution in [2.75, 3.05) is 7.11 Å². The standard InChI is InChI=1S/C17H16BrNO3S3/c1-22-17-7-6-15(10-16(17)18)25(20,21)19(11-13-4-2-8-23-13)12-14-5-3-9-24-14/h2-10H,11-12H2,1H3. The van der Waals surface area contributed by atoms with Gasteiger partial charge in [0, 0.05) is 22.8 Å². The Morgan fingerprint density at radius 3 is 2.08 bits per heavy atom. The van der Waals surface area contributed by atoms with Crippen LogP contribution in [0.3, 0.4) is 0 Å². The number of nitrogens with zero attached hydrogens (tertiary/aromatic N) is 1. The first-order valence-corrected chi connectivity index (χ1v) is 11.4. The molecule has 132 valence electrons. The lowest BCUT2D eigenvalue weighted by Crippen LogP contribution is -2.29. The van der Waals surface area contributed by atoms with Gasteiger partial charge in [-0.15, -0.1) is 22.7 Å². The van der Waals surface area contributed by atoms with Crippen molar-refractivity contribution in [1.29, 1.82) is 0 Å². The molecule has 0 amide bonds. The van der Waals surface area contributed by atoms with E-state index in [0.29, 0.717) is 23.3 Å². The Balaban J connectivity index is 1.96. The van der Waals surface area contributed by atoms with E-state index < -0.39 is 10.0 Å². The summed E-state index contributed by atoms with van der Waals surface area (Å²) in [5.74, 6) is 0.599. The van der Waals surface area contributed by atoms with Gasteiger partial charge in [-0.1, -0.05) is 12.1 Å². The SMILES string of the molecule is COc1ccc(S(=O)(=O)N(Cc2cccs2)Cc2cccs2)cc1Br. The monoisotopic (exact) mass is 457 g/mol. The van der Waals surface area contributed by atoms with Crippen LogP contribution in [0.5, 0.6) is 5.75 Å². The fraction of sp³-hybridized carbons (Fsp3) is 0.176. The lowest BCUT2D eigenvalue weighted by molar-refractivity contribution is 0.404. The number of sulfonamides is 1. The van der Waals surface area contributed by atoms with E-state index >= 15 is 0 Å². The summed E-state index contributed by atoms with van der Waals surface area (Å²) >= 11 is 6.47. The topological polar surface area (TPSA) is 46.6 Å². The first-order chi connectivity index (χ1) is 12.0. The first kappa shape index (κ1) is 18.6. The van der Waals surface area contributed by atoms with Gasteiger partial charge in [0.15, 0.2) is 0 Å². The van der Waals surface area contributed by atoms with Crippen molar-refractivity contribution in [3.05, 3.63) is 67.5 Å². The van der Waals surface area contributed by atoms with Crippen molar-refractivity contribution in [3.63, 3.8) is 0 Å². The summed E-state index contributed by atoms with van der Waals surface area (Å²) in [5.41, 5.74) is 0. The highest BCUT2D eigenvalue weighted by Crippen LogP contribution is 2.30. The van der Waals surface area contributed by atoms with Crippen molar-refractivity contribution in [3.8, 4) is 5.75 Å². The third-order valence-corrected chi connectivity index (χ3v) is 7.72. The van der Waals surface area contributed by atoms with Crippen LogP contribution in [0.2, 0.25) is 0 Å². The summed E-state index contributed by atoms with van der Waals surface area (Å²) in [6.45, 7) is 0.698. The molecular formula is C17H16BrNO3S3. The molecule has 0 aliphatic rings. The minimum absolute atomic E-state index is 0.244. The molecule has 0 bridgehead atoms. The van der Waals surface area contributed by atoms with Crippen LogP contribution in [0.4, 0.5) is 0 Å². The fourth-order valence-corrected chi connectivity index (χ4v) is 6.05. The van der Waals surface area contributed by atoms with Gasteiger partial charge in [-0.05, 0) is 57.0 Å². The smallest absolute Gasteiger partial charge is 0.243 e. The number of halogens is 1. The second-order valence-electron chi connectivity index (χ2n) is 5.23. The van der Waals surface area contributed by atoms with Crippen LogP contribution in [0.15, 0.2) is 62.6 Å². The number of methoxy groups -OCH3 is 1. The highest BCUT2D eigenvalue weighted by Gasteiger charge is 2.26. The van der Waals surface area contributed by atoms with E-state index in [9.17, 15) is 8.42 Å². The molecule has 0 aliphatic carbocycles. The van der Waals surface area contributed by atoms with Crippen molar-refractivity contribution in [1.82, 2.24) is 4.31 Å². The Morgan fingerprint density at radius 2 is 1.64 bits per heavy atom. The molecule has 2 aromatic heterocycles. The third-order valence-electron chi connectivity index (χ3n) is 3.59. The second-order valence-corrected chi connectivity index (χ2v) is 10.1. The Labute approximate surface area is 163 Å². The van der Waals surface area contributed by atoms with Crippen molar-refractivity contribution in [2.24, 2.45) is 0 Å². The van der Waals surface area contributed by atoms with Crippen LogP contribution in [-0.4, -0.2) is 19.8 Å². The Kier molecular flexibility index (Phi) is 5.96. The van der Waals surface area contributed by atoms with E-state index in [-0.39, 0.29) is 4.90 Å². The minimum atomic E-state index is -3.64. The van der Waals surface area contributed by atoms with Gasteiger partial charge in [0.1, 0.15) is 5.75 Å². The number of thiophene rings is 2. The van der Waals surface area contributed by atoms with Crippen molar-refractivity contribution < 1.29 is 13.2 Å². The van der Waals surface area contributed by atoms with Gasteiger partial charge in [-0.2, -0.15) is 4.31 Å². The predicted molar refractivity (Wildman–Crippen MR) is 106 cm³/mol. The lowest BCUT2D eigenvalue weighted by Gasteiger charge is -2.21. The van der Waals surface area contributed by atoms with E-state index in [0.717, 1.165) is 9.75 Å². The molecule has 0 fully saturated rings. The summed E-state index contributed by atoms with van der Waals surface area (Å²) in [5, 5.41) is 3.91. The molecule has 1 aromatic carbocycles. The van der Waals surface area contributed by atoms with Gasteiger partial charge in [-0.25, -0.2) is 8.42 Å². The molecule has 0 saturated heterocycles. The first-order valence-electron chi connectivity index (χ1n) is 7.39. The van der Waals surface area contributed by atoms with Crippen LogP contribution < -0.4 is 4.74 Å². The van der Waals surface area contributed by atoms with Gasteiger partial charge in [0.05, 0.1) is 16.5 Å². The maximum Gasteiger partial charge on any atom is 0.243 e. The summed E-state index contributed by atoms with van der Waals surface area (Å²) in [7, 11) is -2.09. The van der Waals surface area contributed by atoms with Crippen LogP contribution >= 0.6 is 38.6 Å². The Morgan fingerprint density at radius 1 is 1.04 bits per heavy atom. The molecule has 8 heteroatoms. The fourth-order valence-electron chi connectivity index (χ4n) is 2.34.